The van der Waals surface area contributed by atoms with Crippen LogP contribution in [0.2, 0.25) is 0 Å². The molecule has 0 aliphatic heterocycles. The summed E-state index contributed by atoms with van der Waals surface area (Å²) >= 11 is 0. The molecule has 1 fully saturated rings. The predicted molar refractivity (Wildman–Crippen MR) is 63.7 cm³/mol. The van der Waals surface area contributed by atoms with Crippen molar-refractivity contribution in [2.75, 3.05) is 0 Å². The summed E-state index contributed by atoms with van der Waals surface area (Å²) in [6.07, 6.45) is 12.5. The standard InChI is InChI=1S/C14H15NO/c1-9(10-5-6-10)15-14(16)13-8-7-11-3-2-4-12(11)13/h2-4,7-10H,5-6H2,1H3,(H,15,16)/t9-/m0/s1. The molecule has 0 spiro atoms. The van der Waals surface area contributed by atoms with E-state index in [1.807, 2.05) is 30.4 Å². The molecule has 1 N–H and O–H groups in total. The molecule has 0 heterocycles. The minimum Gasteiger partial charge on any atom is -0.349 e. The second-order valence-corrected chi connectivity index (χ2v) is 4.74. The third-order valence-corrected chi connectivity index (χ3v) is 3.50. The van der Waals surface area contributed by atoms with Crippen molar-refractivity contribution in [3.05, 3.63) is 47.1 Å². The Kier molecular flexibility index (Phi) is 2.10. The molecule has 1 saturated carbocycles. The van der Waals surface area contributed by atoms with Gasteiger partial charge in [-0.15, -0.1) is 0 Å². The Morgan fingerprint density at radius 3 is 2.94 bits per heavy atom. The Labute approximate surface area is 95.4 Å². The molecule has 0 aromatic heterocycles. The average molecular weight is 213 g/mol. The molecule has 0 saturated heterocycles. The maximum absolute atomic E-state index is 12.0. The Morgan fingerprint density at radius 2 is 2.19 bits per heavy atom. The fourth-order valence-electron chi connectivity index (χ4n) is 2.28. The summed E-state index contributed by atoms with van der Waals surface area (Å²) in [5, 5.41) is 3.09. The minimum absolute atomic E-state index is 0.0700. The quantitative estimate of drug-likeness (QED) is 0.765. The molecule has 2 nitrogen and oxygen atoms in total. The van der Waals surface area contributed by atoms with E-state index < -0.39 is 0 Å². The van der Waals surface area contributed by atoms with E-state index in [0.29, 0.717) is 12.0 Å². The van der Waals surface area contributed by atoms with Gasteiger partial charge in [0.05, 0.1) is 0 Å². The molecule has 3 rings (SSSR count). The molecular weight excluding hydrogens is 198 g/mol. The van der Waals surface area contributed by atoms with E-state index >= 15 is 0 Å². The lowest BCUT2D eigenvalue weighted by molar-refractivity contribution is -0.117. The molecule has 0 unspecified atom stereocenters. The largest absolute Gasteiger partial charge is 0.349 e. The summed E-state index contributed by atoms with van der Waals surface area (Å²) in [5.41, 5.74) is 3.04. The number of fused-ring (bicyclic) bond motifs is 1. The second-order valence-electron chi connectivity index (χ2n) is 4.74. The van der Waals surface area contributed by atoms with Gasteiger partial charge in [0.2, 0.25) is 0 Å². The van der Waals surface area contributed by atoms with Crippen LogP contribution in [0.4, 0.5) is 0 Å². The van der Waals surface area contributed by atoms with Crippen molar-refractivity contribution < 1.29 is 4.79 Å². The number of amides is 1. The number of hydrogen-bond acceptors (Lipinski definition) is 1. The number of nitrogens with one attached hydrogen (secondary N) is 1. The molecule has 0 aromatic carbocycles. The lowest BCUT2D eigenvalue weighted by Gasteiger charge is -2.13. The predicted octanol–water partition coefficient (Wildman–Crippen LogP) is 2.26. The van der Waals surface area contributed by atoms with E-state index in [0.717, 1.165) is 16.7 Å². The van der Waals surface area contributed by atoms with Gasteiger partial charge in [-0.2, -0.15) is 0 Å². The molecule has 16 heavy (non-hydrogen) atoms. The highest BCUT2D eigenvalue weighted by Gasteiger charge is 2.30. The van der Waals surface area contributed by atoms with Crippen LogP contribution in [0.15, 0.2) is 47.1 Å². The van der Waals surface area contributed by atoms with Gasteiger partial charge >= 0.3 is 0 Å². The van der Waals surface area contributed by atoms with Crippen LogP contribution in [0.25, 0.3) is 0 Å². The first-order chi connectivity index (χ1) is 7.75. The van der Waals surface area contributed by atoms with Gasteiger partial charge in [0.1, 0.15) is 0 Å². The van der Waals surface area contributed by atoms with Gasteiger partial charge in [-0.3, -0.25) is 4.79 Å². The lowest BCUT2D eigenvalue weighted by Crippen LogP contribution is -2.34. The molecule has 3 aliphatic rings. The van der Waals surface area contributed by atoms with Gasteiger partial charge in [-0.1, -0.05) is 24.3 Å². The summed E-state index contributed by atoms with van der Waals surface area (Å²) in [6, 6.07) is 0.312. The Morgan fingerprint density at radius 1 is 1.38 bits per heavy atom. The van der Waals surface area contributed by atoms with Crippen molar-refractivity contribution in [3.8, 4) is 0 Å². The van der Waals surface area contributed by atoms with Gasteiger partial charge in [-0.25, -0.2) is 0 Å². The molecule has 82 valence electrons. The first-order valence-corrected chi connectivity index (χ1v) is 5.87. The average Bonchev–Trinajstić information content (AvgIpc) is 2.86. The SMILES string of the molecule is C[C@H](NC(=O)C1=C2C=CC=C2C=C1)C1CC1. The lowest BCUT2D eigenvalue weighted by atomic mass is 10.1. The van der Waals surface area contributed by atoms with Crippen molar-refractivity contribution >= 4 is 5.91 Å². The van der Waals surface area contributed by atoms with E-state index in [4.69, 9.17) is 0 Å². The maximum atomic E-state index is 12.0. The highest BCUT2D eigenvalue weighted by molar-refractivity contribution is 6.00. The van der Waals surface area contributed by atoms with E-state index in [9.17, 15) is 4.79 Å². The van der Waals surface area contributed by atoms with Crippen molar-refractivity contribution in [2.45, 2.75) is 25.8 Å². The van der Waals surface area contributed by atoms with Crippen LogP contribution in [0.5, 0.6) is 0 Å². The maximum Gasteiger partial charge on any atom is 0.252 e. The number of rotatable bonds is 3. The highest BCUT2D eigenvalue weighted by atomic mass is 16.1. The molecule has 1 atom stereocenters. The topological polar surface area (TPSA) is 29.1 Å². The van der Waals surface area contributed by atoms with E-state index in [-0.39, 0.29) is 5.91 Å². The van der Waals surface area contributed by atoms with Crippen molar-refractivity contribution in [3.63, 3.8) is 0 Å². The van der Waals surface area contributed by atoms with Crippen LogP contribution in [0, 0.1) is 5.92 Å². The smallest absolute Gasteiger partial charge is 0.252 e. The Hall–Kier alpha value is -1.57. The van der Waals surface area contributed by atoms with Crippen LogP contribution in [0.1, 0.15) is 19.8 Å². The van der Waals surface area contributed by atoms with Crippen LogP contribution < -0.4 is 5.32 Å². The fraction of sp³-hybridized carbons (Fsp3) is 0.357. The van der Waals surface area contributed by atoms with E-state index in [1.54, 1.807) is 0 Å². The summed E-state index contributed by atoms with van der Waals surface area (Å²) in [5.74, 6) is 0.773. The van der Waals surface area contributed by atoms with E-state index in [2.05, 4.69) is 12.2 Å². The van der Waals surface area contributed by atoms with Crippen molar-refractivity contribution in [2.24, 2.45) is 5.92 Å². The second kappa shape index (κ2) is 3.48. The number of carbonyl (C=O) groups is 1. The zero-order valence-electron chi connectivity index (χ0n) is 9.36. The zero-order chi connectivity index (χ0) is 11.1. The fourth-order valence-corrected chi connectivity index (χ4v) is 2.28. The molecule has 3 aliphatic carbocycles. The van der Waals surface area contributed by atoms with Gasteiger partial charge in [0.15, 0.2) is 0 Å². The molecule has 0 radical (unpaired) electrons. The Bertz CT molecular complexity index is 461. The first kappa shape index (κ1) is 9.64. The number of allylic oxidation sites excluding steroid dienone is 6. The molecular formula is C14H15NO. The number of hydrogen-bond donors (Lipinski definition) is 1. The Balaban J connectivity index is 1.75. The molecule has 2 heteroatoms. The zero-order valence-corrected chi connectivity index (χ0v) is 9.36. The van der Waals surface area contributed by atoms with Crippen LogP contribution in [-0.2, 0) is 4.79 Å². The van der Waals surface area contributed by atoms with Gasteiger partial charge < -0.3 is 5.32 Å². The van der Waals surface area contributed by atoms with Crippen LogP contribution >= 0.6 is 0 Å². The minimum atomic E-state index is 0.0700. The van der Waals surface area contributed by atoms with Gasteiger partial charge in [-0.05, 0) is 42.9 Å². The molecule has 1 amide bonds. The summed E-state index contributed by atoms with van der Waals surface area (Å²) in [7, 11) is 0. The molecule has 0 aromatic rings. The highest BCUT2D eigenvalue weighted by Crippen LogP contribution is 2.33. The molecule has 0 bridgehead atoms. The number of carbonyl (C=O) groups excluding carboxylic acids is 1. The summed E-state index contributed by atoms with van der Waals surface area (Å²) < 4.78 is 0. The normalized spacial score (nSPS) is 23.4. The summed E-state index contributed by atoms with van der Waals surface area (Å²) in [6.45, 7) is 2.10. The first-order valence-electron chi connectivity index (χ1n) is 5.87. The monoisotopic (exact) mass is 213 g/mol. The van der Waals surface area contributed by atoms with Crippen molar-refractivity contribution in [1.29, 1.82) is 0 Å². The van der Waals surface area contributed by atoms with Gasteiger partial charge in [0, 0.05) is 11.6 Å². The summed E-state index contributed by atoms with van der Waals surface area (Å²) in [4.78, 5) is 12.0. The van der Waals surface area contributed by atoms with E-state index in [1.165, 1.54) is 12.8 Å². The van der Waals surface area contributed by atoms with Crippen molar-refractivity contribution in [1.82, 2.24) is 5.32 Å². The third-order valence-electron chi connectivity index (χ3n) is 3.50. The van der Waals surface area contributed by atoms with Crippen LogP contribution in [-0.4, -0.2) is 11.9 Å². The van der Waals surface area contributed by atoms with Crippen LogP contribution in [0.3, 0.4) is 0 Å². The van der Waals surface area contributed by atoms with Gasteiger partial charge in [0.25, 0.3) is 5.91 Å². The third kappa shape index (κ3) is 1.54.